The van der Waals surface area contributed by atoms with Crippen molar-refractivity contribution in [2.75, 3.05) is 17.2 Å². The third-order valence-corrected chi connectivity index (χ3v) is 3.96. The minimum atomic E-state index is -0.695. The number of pyridine rings is 1. The van der Waals surface area contributed by atoms with Crippen LogP contribution in [-0.2, 0) is 0 Å². The molecule has 2 N–H and O–H groups in total. The first-order valence-electron chi connectivity index (χ1n) is 9.12. The van der Waals surface area contributed by atoms with E-state index in [4.69, 9.17) is 4.74 Å². The molecule has 0 aliphatic carbocycles. The fourth-order valence-corrected chi connectivity index (χ4v) is 2.56. The third-order valence-electron chi connectivity index (χ3n) is 3.96. The molecule has 3 rings (SSSR count). The van der Waals surface area contributed by atoms with Gasteiger partial charge in [-0.2, -0.15) is 0 Å². The van der Waals surface area contributed by atoms with Crippen LogP contribution in [0.15, 0.2) is 67.0 Å². The van der Waals surface area contributed by atoms with Crippen LogP contribution in [0.1, 0.15) is 34.1 Å². The van der Waals surface area contributed by atoms with E-state index < -0.39 is 17.6 Å². The average molecular weight is 393 g/mol. The van der Waals surface area contributed by atoms with E-state index in [1.54, 1.807) is 42.6 Å². The van der Waals surface area contributed by atoms with Gasteiger partial charge in [0, 0.05) is 17.4 Å². The third kappa shape index (κ3) is 5.38. The van der Waals surface area contributed by atoms with Crippen molar-refractivity contribution in [2.24, 2.45) is 0 Å². The maximum atomic E-state index is 14.1. The SMILES string of the molecule is CCCOc1cccc(C(=O)Nc2ccc(F)c(C(=O)Nc3cccnc3)c2)c1. The fourth-order valence-electron chi connectivity index (χ4n) is 2.56. The van der Waals surface area contributed by atoms with Gasteiger partial charge in [-0.3, -0.25) is 14.6 Å². The van der Waals surface area contributed by atoms with E-state index in [2.05, 4.69) is 15.6 Å². The van der Waals surface area contributed by atoms with Gasteiger partial charge < -0.3 is 15.4 Å². The number of amides is 2. The maximum Gasteiger partial charge on any atom is 0.258 e. The molecule has 0 atom stereocenters. The van der Waals surface area contributed by atoms with E-state index in [-0.39, 0.29) is 5.56 Å². The van der Waals surface area contributed by atoms with Crippen molar-refractivity contribution in [1.82, 2.24) is 4.98 Å². The summed E-state index contributed by atoms with van der Waals surface area (Å²) in [6.45, 7) is 2.55. The monoisotopic (exact) mass is 393 g/mol. The molecule has 0 saturated carbocycles. The first-order valence-corrected chi connectivity index (χ1v) is 9.12. The molecular weight excluding hydrogens is 373 g/mol. The van der Waals surface area contributed by atoms with Gasteiger partial charge >= 0.3 is 0 Å². The van der Waals surface area contributed by atoms with Crippen molar-refractivity contribution >= 4 is 23.2 Å². The van der Waals surface area contributed by atoms with Crippen molar-refractivity contribution in [2.45, 2.75) is 13.3 Å². The van der Waals surface area contributed by atoms with Crippen molar-refractivity contribution in [1.29, 1.82) is 0 Å². The lowest BCUT2D eigenvalue weighted by atomic mass is 10.1. The number of anilines is 2. The summed E-state index contributed by atoms with van der Waals surface area (Å²) in [4.78, 5) is 28.8. The highest BCUT2D eigenvalue weighted by Crippen LogP contribution is 2.19. The van der Waals surface area contributed by atoms with Crippen LogP contribution in [0.25, 0.3) is 0 Å². The molecule has 0 saturated heterocycles. The van der Waals surface area contributed by atoms with Gasteiger partial charge in [-0.05, 0) is 55.0 Å². The number of nitrogens with zero attached hydrogens (tertiary/aromatic N) is 1. The second-order valence-corrected chi connectivity index (χ2v) is 6.22. The number of rotatable bonds is 7. The van der Waals surface area contributed by atoms with E-state index in [0.717, 1.165) is 12.5 Å². The average Bonchev–Trinajstić information content (AvgIpc) is 2.74. The number of carbonyl (C=O) groups excluding carboxylic acids is 2. The number of hydrogen-bond acceptors (Lipinski definition) is 4. The van der Waals surface area contributed by atoms with Crippen LogP contribution in [0.2, 0.25) is 0 Å². The fraction of sp³-hybridized carbons (Fsp3) is 0.136. The van der Waals surface area contributed by atoms with Crippen LogP contribution in [-0.4, -0.2) is 23.4 Å². The van der Waals surface area contributed by atoms with Crippen molar-refractivity contribution in [3.63, 3.8) is 0 Å². The summed E-state index contributed by atoms with van der Waals surface area (Å²) in [6.07, 6.45) is 3.87. The molecule has 0 unspecified atom stereocenters. The lowest BCUT2D eigenvalue weighted by molar-refractivity contribution is 0.101. The first-order chi connectivity index (χ1) is 14.1. The minimum Gasteiger partial charge on any atom is -0.494 e. The van der Waals surface area contributed by atoms with E-state index in [0.29, 0.717) is 29.3 Å². The molecule has 0 bridgehead atoms. The Labute approximate surface area is 167 Å². The van der Waals surface area contributed by atoms with Gasteiger partial charge in [0.1, 0.15) is 11.6 Å². The maximum absolute atomic E-state index is 14.1. The van der Waals surface area contributed by atoms with E-state index in [1.165, 1.54) is 18.3 Å². The standard InChI is InChI=1S/C22H20FN3O3/c1-2-11-29-18-7-3-5-15(12-18)21(27)25-16-8-9-20(23)19(13-16)22(28)26-17-6-4-10-24-14-17/h3-10,12-14H,2,11H2,1H3,(H,25,27)(H,26,28). The van der Waals surface area contributed by atoms with Gasteiger partial charge in [-0.25, -0.2) is 4.39 Å². The quantitative estimate of drug-likeness (QED) is 0.619. The van der Waals surface area contributed by atoms with Gasteiger partial charge in [0.25, 0.3) is 11.8 Å². The molecule has 0 spiro atoms. The van der Waals surface area contributed by atoms with Crippen molar-refractivity contribution < 1.29 is 18.7 Å². The smallest absolute Gasteiger partial charge is 0.258 e. The summed E-state index contributed by atoms with van der Waals surface area (Å²) in [5, 5.41) is 5.24. The Hall–Kier alpha value is -3.74. The molecule has 0 aliphatic heterocycles. The van der Waals surface area contributed by atoms with Crippen molar-refractivity contribution in [3.8, 4) is 5.75 Å². The Kier molecular flexibility index (Phi) is 6.52. The van der Waals surface area contributed by atoms with E-state index in [9.17, 15) is 14.0 Å². The Morgan fingerprint density at radius 1 is 1.00 bits per heavy atom. The predicted octanol–water partition coefficient (Wildman–Crippen LogP) is 4.51. The molecule has 2 amide bonds. The van der Waals surface area contributed by atoms with Crippen LogP contribution in [0.3, 0.4) is 0 Å². The van der Waals surface area contributed by atoms with Gasteiger partial charge in [-0.1, -0.05) is 13.0 Å². The Morgan fingerprint density at radius 2 is 1.83 bits per heavy atom. The Bertz CT molecular complexity index is 1010. The lowest BCUT2D eigenvalue weighted by Gasteiger charge is -2.10. The van der Waals surface area contributed by atoms with Crippen LogP contribution >= 0.6 is 0 Å². The van der Waals surface area contributed by atoms with Gasteiger partial charge in [-0.15, -0.1) is 0 Å². The highest BCUT2D eigenvalue weighted by molar-refractivity contribution is 6.07. The van der Waals surface area contributed by atoms with Gasteiger partial charge in [0.2, 0.25) is 0 Å². The van der Waals surface area contributed by atoms with Gasteiger partial charge in [0.05, 0.1) is 24.1 Å². The lowest BCUT2D eigenvalue weighted by Crippen LogP contribution is -2.16. The van der Waals surface area contributed by atoms with E-state index in [1.807, 2.05) is 6.92 Å². The highest BCUT2D eigenvalue weighted by atomic mass is 19.1. The summed E-state index contributed by atoms with van der Waals surface area (Å²) in [5.74, 6) is -1.13. The van der Waals surface area contributed by atoms with Gasteiger partial charge in [0.15, 0.2) is 0 Å². The number of ether oxygens (including phenoxy) is 1. The zero-order valence-electron chi connectivity index (χ0n) is 15.8. The van der Waals surface area contributed by atoms with Crippen LogP contribution < -0.4 is 15.4 Å². The molecule has 1 heterocycles. The molecule has 1 aromatic heterocycles. The molecule has 0 radical (unpaired) electrons. The predicted molar refractivity (Wildman–Crippen MR) is 109 cm³/mol. The minimum absolute atomic E-state index is 0.188. The summed E-state index contributed by atoms with van der Waals surface area (Å²) >= 11 is 0. The van der Waals surface area contributed by atoms with Crippen LogP contribution in [0.4, 0.5) is 15.8 Å². The highest BCUT2D eigenvalue weighted by Gasteiger charge is 2.15. The van der Waals surface area contributed by atoms with Crippen LogP contribution in [0, 0.1) is 5.82 Å². The molecule has 0 fully saturated rings. The molecule has 148 valence electrons. The number of halogens is 1. The second-order valence-electron chi connectivity index (χ2n) is 6.22. The summed E-state index contributed by atoms with van der Waals surface area (Å²) in [5.41, 5.74) is 0.943. The Balaban J connectivity index is 1.74. The number of carbonyl (C=O) groups is 2. The summed E-state index contributed by atoms with van der Waals surface area (Å²) in [6, 6.07) is 13.9. The second kappa shape index (κ2) is 9.45. The van der Waals surface area contributed by atoms with Crippen molar-refractivity contribution in [3.05, 3.63) is 83.9 Å². The molecule has 6 nitrogen and oxygen atoms in total. The normalized spacial score (nSPS) is 10.3. The van der Waals surface area contributed by atoms with E-state index >= 15 is 0 Å². The zero-order valence-corrected chi connectivity index (χ0v) is 15.8. The molecule has 7 heteroatoms. The molecule has 2 aromatic carbocycles. The molecule has 0 aliphatic rings. The Morgan fingerprint density at radius 3 is 2.59 bits per heavy atom. The molecule has 29 heavy (non-hydrogen) atoms. The number of nitrogens with one attached hydrogen (secondary N) is 2. The zero-order chi connectivity index (χ0) is 20.6. The number of hydrogen-bond donors (Lipinski definition) is 2. The van der Waals surface area contributed by atoms with Crippen LogP contribution in [0.5, 0.6) is 5.75 Å². The molecular formula is C22H20FN3O3. The molecule has 3 aromatic rings. The number of aromatic nitrogens is 1. The topological polar surface area (TPSA) is 80.3 Å². The summed E-state index contributed by atoms with van der Waals surface area (Å²) < 4.78 is 19.7. The first kappa shape index (κ1) is 20.0. The summed E-state index contributed by atoms with van der Waals surface area (Å²) in [7, 11) is 0. The largest absolute Gasteiger partial charge is 0.494 e. The number of benzene rings is 2.